The van der Waals surface area contributed by atoms with E-state index in [1.165, 1.54) is 32.2 Å². The average Bonchev–Trinajstić information content (AvgIpc) is 2.61. The third-order valence-electron chi connectivity index (χ3n) is 3.54. The molecule has 0 unspecified atom stereocenters. The number of hydrogen-bond donors (Lipinski definition) is 2. The van der Waals surface area contributed by atoms with Gasteiger partial charge < -0.3 is 20.5 Å². The average molecular weight is 394 g/mol. The van der Waals surface area contributed by atoms with E-state index >= 15 is 0 Å². The van der Waals surface area contributed by atoms with Crippen LogP contribution in [-0.2, 0) is 9.53 Å². The molecule has 0 saturated heterocycles. The smallest absolute Gasteiger partial charge is 0.339 e. The van der Waals surface area contributed by atoms with Crippen molar-refractivity contribution in [2.45, 2.75) is 13.0 Å². The molecule has 0 spiro atoms. The Hall–Kier alpha value is -3.33. The molecule has 0 aliphatic heterocycles. The first-order valence-electron chi connectivity index (χ1n) is 7.62. The molecule has 0 aliphatic rings. The largest absolute Gasteiger partial charge is 0.495 e. The topological polar surface area (TPSA) is 134 Å². The number of nitrogens with zero attached hydrogens (tertiary/aromatic N) is 1. The fourth-order valence-corrected chi connectivity index (χ4v) is 2.30. The normalized spacial score (nSPS) is 11.4. The Kier molecular flexibility index (Phi) is 6.19. The van der Waals surface area contributed by atoms with Crippen molar-refractivity contribution < 1.29 is 24.0 Å². The summed E-state index contributed by atoms with van der Waals surface area (Å²) in [5.74, 6) is -1.16. The van der Waals surface area contributed by atoms with Crippen LogP contribution in [0.2, 0.25) is 5.02 Å². The fourth-order valence-electron chi connectivity index (χ4n) is 2.12. The van der Waals surface area contributed by atoms with Crippen LogP contribution >= 0.6 is 11.6 Å². The zero-order chi connectivity index (χ0) is 20.1. The van der Waals surface area contributed by atoms with Crippen LogP contribution in [0, 0.1) is 10.1 Å². The number of carbonyl (C=O) groups excluding carboxylic acids is 2. The summed E-state index contributed by atoms with van der Waals surface area (Å²) in [5, 5.41) is 13.8. The van der Waals surface area contributed by atoms with E-state index < -0.39 is 28.6 Å². The van der Waals surface area contributed by atoms with Gasteiger partial charge in [0.15, 0.2) is 6.10 Å². The number of carbonyl (C=O) groups is 2. The van der Waals surface area contributed by atoms with Crippen LogP contribution < -0.4 is 15.8 Å². The van der Waals surface area contributed by atoms with Crippen LogP contribution in [0.1, 0.15) is 17.3 Å². The number of nitrogens with one attached hydrogen (secondary N) is 1. The van der Waals surface area contributed by atoms with Crippen molar-refractivity contribution in [1.82, 2.24) is 0 Å². The summed E-state index contributed by atoms with van der Waals surface area (Å²) in [4.78, 5) is 34.6. The number of nitrogens with two attached hydrogens (primary N) is 1. The number of rotatable bonds is 6. The number of nitro benzene ring substituents is 1. The Morgan fingerprint density at radius 3 is 2.59 bits per heavy atom. The first kappa shape index (κ1) is 20.0. The SMILES string of the molecule is COc1ccc(Cl)cc1NC(=O)[C@H](C)OC(=O)c1ccc(N)c([N+](=O)[O-])c1. The number of hydrogen-bond acceptors (Lipinski definition) is 7. The molecule has 0 aliphatic carbocycles. The van der Waals surface area contributed by atoms with Crippen LogP contribution in [0.5, 0.6) is 5.75 Å². The molecular weight excluding hydrogens is 378 g/mol. The highest BCUT2D eigenvalue weighted by molar-refractivity contribution is 6.31. The molecule has 0 saturated carbocycles. The molecule has 0 aromatic heterocycles. The van der Waals surface area contributed by atoms with Crippen molar-refractivity contribution in [3.8, 4) is 5.75 Å². The summed E-state index contributed by atoms with van der Waals surface area (Å²) < 4.78 is 10.2. The van der Waals surface area contributed by atoms with Crippen molar-refractivity contribution in [3.05, 3.63) is 57.1 Å². The molecule has 2 aromatic carbocycles. The zero-order valence-electron chi connectivity index (χ0n) is 14.4. The van der Waals surface area contributed by atoms with Crippen LogP contribution in [0.4, 0.5) is 17.1 Å². The fraction of sp³-hybridized carbons (Fsp3) is 0.176. The van der Waals surface area contributed by atoms with Gasteiger partial charge in [-0.25, -0.2) is 4.79 Å². The van der Waals surface area contributed by atoms with Gasteiger partial charge in [0.25, 0.3) is 11.6 Å². The van der Waals surface area contributed by atoms with Gasteiger partial charge in [0.2, 0.25) is 0 Å². The maximum Gasteiger partial charge on any atom is 0.339 e. The Bertz CT molecular complexity index is 902. The lowest BCUT2D eigenvalue weighted by Gasteiger charge is -2.15. The molecule has 2 rings (SSSR count). The molecule has 0 fully saturated rings. The first-order valence-corrected chi connectivity index (χ1v) is 8.00. The van der Waals surface area contributed by atoms with Gasteiger partial charge in [0.05, 0.1) is 23.3 Å². The van der Waals surface area contributed by atoms with Crippen molar-refractivity contribution in [3.63, 3.8) is 0 Å². The Labute approximate surface area is 159 Å². The highest BCUT2D eigenvalue weighted by Gasteiger charge is 2.22. The first-order chi connectivity index (χ1) is 12.7. The van der Waals surface area contributed by atoms with Crippen LogP contribution in [0.25, 0.3) is 0 Å². The van der Waals surface area contributed by atoms with E-state index in [2.05, 4.69) is 5.32 Å². The predicted molar refractivity (Wildman–Crippen MR) is 99.0 cm³/mol. The monoisotopic (exact) mass is 393 g/mol. The third kappa shape index (κ3) is 4.85. The van der Waals surface area contributed by atoms with Gasteiger partial charge in [-0.2, -0.15) is 0 Å². The quantitative estimate of drug-likeness (QED) is 0.333. The molecule has 9 nitrogen and oxygen atoms in total. The Morgan fingerprint density at radius 2 is 1.96 bits per heavy atom. The Morgan fingerprint density at radius 1 is 1.26 bits per heavy atom. The molecule has 142 valence electrons. The number of amides is 1. The number of esters is 1. The number of nitro groups is 1. The maximum absolute atomic E-state index is 12.3. The molecule has 0 heterocycles. The number of ether oxygens (including phenoxy) is 2. The summed E-state index contributed by atoms with van der Waals surface area (Å²) >= 11 is 5.90. The van der Waals surface area contributed by atoms with Gasteiger partial charge in [-0.1, -0.05) is 11.6 Å². The van der Waals surface area contributed by atoms with Crippen molar-refractivity contribution in [2.75, 3.05) is 18.2 Å². The van der Waals surface area contributed by atoms with E-state index in [-0.39, 0.29) is 11.3 Å². The van der Waals surface area contributed by atoms with Crippen molar-refractivity contribution >= 4 is 40.5 Å². The van der Waals surface area contributed by atoms with Gasteiger partial charge in [0, 0.05) is 11.1 Å². The predicted octanol–water partition coefficient (Wildman–Crippen LogP) is 3.02. The van der Waals surface area contributed by atoms with E-state index in [9.17, 15) is 19.7 Å². The zero-order valence-corrected chi connectivity index (χ0v) is 15.1. The highest BCUT2D eigenvalue weighted by Crippen LogP contribution is 2.28. The van der Waals surface area contributed by atoms with Gasteiger partial charge in [0.1, 0.15) is 11.4 Å². The van der Waals surface area contributed by atoms with Gasteiger partial charge >= 0.3 is 5.97 Å². The second-order valence-electron chi connectivity index (χ2n) is 5.41. The molecule has 10 heteroatoms. The Balaban J connectivity index is 2.10. The molecule has 0 bridgehead atoms. The maximum atomic E-state index is 12.3. The van der Waals surface area contributed by atoms with Crippen LogP contribution in [0.3, 0.4) is 0 Å². The summed E-state index contributed by atoms with van der Waals surface area (Å²) in [5.41, 5.74) is 5.18. The molecule has 0 radical (unpaired) electrons. The lowest BCUT2D eigenvalue weighted by molar-refractivity contribution is -0.383. The highest BCUT2D eigenvalue weighted by atomic mass is 35.5. The number of halogens is 1. The second-order valence-corrected chi connectivity index (χ2v) is 5.85. The van der Waals surface area contributed by atoms with Gasteiger partial charge in [-0.15, -0.1) is 0 Å². The third-order valence-corrected chi connectivity index (χ3v) is 3.77. The van der Waals surface area contributed by atoms with E-state index in [1.807, 2.05) is 0 Å². The standard InChI is InChI=1S/C17H16ClN3O6/c1-9(16(22)20-13-8-11(18)4-6-15(13)26-2)27-17(23)10-3-5-12(19)14(7-10)21(24)25/h3-9H,19H2,1-2H3,(H,20,22)/t9-/m0/s1. The summed E-state index contributed by atoms with van der Waals surface area (Å²) in [6.07, 6.45) is -1.18. The number of benzene rings is 2. The van der Waals surface area contributed by atoms with Crippen molar-refractivity contribution in [2.24, 2.45) is 0 Å². The minimum absolute atomic E-state index is 0.0876. The molecular formula is C17H16ClN3O6. The minimum Gasteiger partial charge on any atom is -0.495 e. The van der Waals surface area contributed by atoms with Crippen molar-refractivity contribution in [1.29, 1.82) is 0 Å². The minimum atomic E-state index is -1.18. The lowest BCUT2D eigenvalue weighted by atomic mass is 10.2. The molecule has 2 aromatic rings. The van der Waals surface area contributed by atoms with Gasteiger partial charge in [-0.05, 0) is 37.3 Å². The van der Waals surface area contributed by atoms with Gasteiger partial charge in [-0.3, -0.25) is 14.9 Å². The van der Waals surface area contributed by atoms with E-state index in [1.54, 1.807) is 12.1 Å². The summed E-state index contributed by atoms with van der Waals surface area (Å²) in [7, 11) is 1.43. The van der Waals surface area contributed by atoms with E-state index in [4.69, 9.17) is 26.8 Å². The number of anilines is 2. The number of methoxy groups -OCH3 is 1. The molecule has 1 atom stereocenters. The molecule has 3 N–H and O–H groups in total. The molecule has 1 amide bonds. The second kappa shape index (κ2) is 8.37. The van der Waals surface area contributed by atoms with E-state index in [0.717, 1.165) is 6.07 Å². The van der Waals surface area contributed by atoms with Crippen LogP contribution in [-0.4, -0.2) is 30.0 Å². The van der Waals surface area contributed by atoms with E-state index in [0.29, 0.717) is 16.5 Å². The lowest BCUT2D eigenvalue weighted by Crippen LogP contribution is -2.30. The molecule has 27 heavy (non-hydrogen) atoms. The summed E-state index contributed by atoms with van der Waals surface area (Å²) in [6.45, 7) is 1.36. The van der Waals surface area contributed by atoms with Crippen LogP contribution in [0.15, 0.2) is 36.4 Å². The number of nitrogen functional groups attached to an aromatic ring is 1. The summed E-state index contributed by atoms with van der Waals surface area (Å²) in [6, 6.07) is 8.12.